The van der Waals surface area contributed by atoms with Gasteiger partial charge in [0.25, 0.3) is 0 Å². The molecule has 2 N–H and O–H groups in total. The van der Waals surface area contributed by atoms with Crippen molar-refractivity contribution in [1.29, 1.82) is 0 Å². The van der Waals surface area contributed by atoms with E-state index in [2.05, 4.69) is 22.8 Å². The van der Waals surface area contributed by atoms with Crippen LogP contribution in [0.25, 0.3) is 10.9 Å². The number of aryl methyl sites for hydroxylation is 1. The van der Waals surface area contributed by atoms with Crippen molar-refractivity contribution in [2.24, 2.45) is 12.8 Å². The van der Waals surface area contributed by atoms with Gasteiger partial charge in [0.15, 0.2) is 0 Å². The Balaban J connectivity index is 2.23. The molecule has 1 fully saturated rings. The Morgan fingerprint density at radius 2 is 2.00 bits per heavy atom. The molecular weight excluding hydrogens is 256 g/mol. The number of rotatable bonds is 2. The lowest BCUT2D eigenvalue weighted by Crippen LogP contribution is -2.37. The lowest BCUT2D eigenvalue weighted by Gasteiger charge is -2.37. The van der Waals surface area contributed by atoms with Crippen molar-refractivity contribution in [2.45, 2.75) is 37.5 Å². The largest absolute Gasteiger partial charge is 0.349 e. The zero-order chi connectivity index (χ0) is 13.5. The second-order valence-electron chi connectivity index (χ2n) is 5.83. The number of halogens is 1. The van der Waals surface area contributed by atoms with Gasteiger partial charge >= 0.3 is 0 Å². The van der Waals surface area contributed by atoms with Gasteiger partial charge in [-0.05, 0) is 24.5 Å². The molecule has 0 saturated heterocycles. The van der Waals surface area contributed by atoms with Crippen LogP contribution >= 0.6 is 11.6 Å². The van der Waals surface area contributed by atoms with Crippen molar-refractivity contribution in [3.05, 3.63) is 35.0 Å². The molecule has 1 aliphatic rings. The maximum Gasteiger partial charge on any atom is 0.0664 e. The van der Waals surface area contributed by atoms with Crippen molar-refractivity contribution in [3.8, 4) is 0 Å². The monoisotopic (exact) mass is 276 g/mol. The van der Waals surface area contributed by atoms with Crippen LogP contribution in [0.3, 0.4) is 0 Å². The SMILES string of the molecule is Cn1cc(Cl)c2c(C3(CN)CCCCC3)cccc21. The highest BCUT2D eigenvalue weighted by Crippen LogP contribution is 2.43. The van der Waals surface area contributed by atoms with Gasteiger partial charge in [0.2, 0.25) is 0 Å². The molecule has 0 spiro atoms. The molecule has 0 unspecified atom stereocenters. The number of hydrogen-bond acceptors (Lipinski definition) is 1. The summed E-state index contributed by atoms with van der Waals surface area (Å²) in [6.07, 6.45) is 8.26. The molecule has 1 aromatic heterocycles. The summed E-state index contributed by atoms with van der Waals surface area (Å²) in [5.74, 6) is 0. The van der Waals surface area contributed by atoms with E-state index in [-0.39, 0.29) is 5.41 Å². The zero-order valence-electron chi connectivity index (χ0n) is 11.5. The van der Waals surface area contributed by atoms with Crippen LogP contribution in [0.4, 0.5) is 0 Å². The highest BCUT2D eigenvalue weighted by molar-refractivity contribution is 6.36. The molecule has 2 aromatic rings. The van der Waals surface area contributed by atoms with E-state index < -0.39 is 0 Å². The van der Waals surface area contributed by atoms with Gasteiger partial charge in [-0.2, -0.15) is 0 Å². The summed E-state index contributed by atoms with van der Waals surface area (Å²) in [4.78, 5) is 0. The fraction of sp³-hybridized carbons (Fsp3) is 0.500. The first kappa shape index (κ1) is 13.0. The van der Waals surface area contributed by atoms with Gasteiger partial charge in [-0.3, -0.25) is 0 Å². The third-order valence-electron chi connectivity index (χ3n) is 4.74. The van der Waals surface area contributed by atoms with Crippen molar-refractivity contribution in [2.75, 3.05) is 6.54 Å². The molecule has 1 aromatic carbocycles. The molecular formula is C16H21ClN2. The summed E-state index contributed by atoms with van der Waals surface area (Å²) in [6.45, 7) is 0.720. The summed E-state index contributed by atoms with van der Waals surface area (Å²) >= 11 is 6.46. The standard InChI is InChI=1S/C16H21ClN2/c1-19-10-13(17)15-12(6-5-7-14(15)19)16(11-18)8-3-2-4-9-16/h5-7,10H,2-4,8-9,11,18H2,1H3. The highest BCUT2D eigenvalue weighted by Gasteiger charge is 2.34. The minimum Gasteiger partial charge on any atom is -0.349 e. The fourth-order valence-electron chi connectivity index (χ4n) is 3.64. The van der Waals surface area contributed by atoms with E-state index in [1.54, 1.807) is 0 Å². The number of fused-ring (bicyclic) bond motifs is 1. The first-order valence-electron chi connectivity index (χ1n) is 7.12. The maximum absolute atomic E-state index is 6.46. The zero-order valence-corrected chi connectivity index (χ0v) is 12.2. The summed E-state index contributed by atoms with van der Waals surface area (Å²) in [5.41, 5.74) is 8.86. The van der Waals surface area contributed by atoms with E-state index in [0.717, 1.165) is 11.6 Å². The first-order valence-corrected chi connectivity index (χ1v) is 7.50. The Labute approximate surface area is 119 Å². The molecule has 1 heterocycles. The average Bonchev–Trinajstić information content (AvgIpc) is 2.75. The normalized spacial score (nSPS) is 18.9. The Hall–Kier alpha value is -0.990. The topological polar surface area (TPSA) is 30.9 Å². The van der Waals surface area contributed by atoms with Gasteiger partial charge in [-0.1, -0.05) is 43.0 Å². The lowest BCUT2D eigenvalue weighted by atomic mass is 9.68. The third kappa shape index (κ3) is 1.98. The van der Waals surface area contributed by atoms with Crippen LogP contribution in [0.15, 0.2) is 24.4 Å². The predicted molar refractivity (Wildman–Crippen MR) is 81.7 cm³/mol. The van der Waals surface area contributed by atoms with Crippen molar-refractivity contribution in [3.63, 3.8) is 0 Å². The fourth-order valence-corrected chi connectivity index (χ4v) is 3.99. The minimum absolute atomic E-state index is 0.128. The Bertz CT molecular complexity index is 594. The maximum atomic E-state index is 6.46. The van der Waals surface area contributed by atoms with Crippen LogP contribution in [0.2, 0.25) is 5.02 Å². The van der Waals surface area contributed by atoms with Crippen molar-refractivity contribution in [1.82, 2.24) is 4.57 Å². The number of nitrogens with two attached hydrogens (primary N) is 1. The van der Waals surface area contributed by atoms with Crippen LogP contribution < -0.4 is 5.73 Å². The van der Waals surface area contributed by atoms with E-state index in [1.807, 2.05) is 13.2 Å². The van der Waals surface area contributed by atoms with Crippen LogP contribution in [-0.2, 0) is 12.5 Å². The second kappa shape index (κ2) is 4.84. The van der Waals surface area contributed by atoms with Gasteiger partial charge in [0.1, 0.15) is 0 Å². The second-order valence-corrected chi connectivity index (χ2v) is 6.24. The molecule has 1 saturated carbocycles. The van der Waals surface area contributed by atoms with Gasteiger partial charge in [0.05, 0.1) is 5.02 Å². The Morgan fingerprint density at radius 3 is 2.68 bits per heavy atom. The highest BCUT2D eigenvalue weighted by atomic mass is 35.5. The summed E-state index contributed by atoms with van der Waals surface area (Å²) in [7, 11) is 2.05. The van der Waals surface area contributed by atoms with Crippen molar-refractivity contribution < 1.29 is 0 Å². The Kier molecular flexibility index (Phi) is 3.32. The van der Waals surface area contributed by atoms with Crippen LogP contribution in [0.1, 0.15) is 37.7 Å². The number of aromatic nitrogens is 1. The van der Waals surface area contributed by atoms with Crippen molar-refractivity contribution >= 4 is 22.5 Å². The third-order valence-corrected chi connectivity index (χ3v) is 5.03. The van der Waals surface area contributed by atoms with E-state index in [4.69, 9.17) is 17.3 Å². The van der Waals surface area contributed by atoms with Crippen LogP contribution in [-0.4, -0.2) is 11.1 Å². The van der Waals surface area contributed by atoms with Crippen LogP contribution in [0, 0.1) is 0 Å². The minimum atomic E-state index is 0.128. The summed E-state index contributed by atoms with van der Waals surface area (Å²) in [6, 6.07) is 6.50. The molecule has 1 aliphatic carbocycles. The average molecular weight is 277 g/mol. The molecule has 102 valence electrons. The molecule has 3 heteroatoms. The van der Waals surface area contributed by atoms with E-state index in [0.29, 0.717) is 0 Å². The summed E-state index contributed by atoms with van der Waals surface area (Å²) < 4.78 is 2.11. The molecule has 2 nitrogen and oxygen atoms in total. The van der Waals surface area contributed by atoms with E-state index >= 15 is 0 Å². The van der Waals surface area contributed by atoms with E-state index in [9.17, 15) is 0 Å². The predicted octanol–water partition coefficient (Wildman–Crippen LogP) is 3.99. The first-order chi connectivity index (χ1) is 9.18. The van der Waals surface area contributed by atoms with E-state index in [1.165, 1.54) is 48.6 Å². The molecule has 3 rings (SSSR count). The molecule has 0 amide bonds. The summed E-state index contributed by atoms with van der Waals surface area (Å²) in [5, 5.41) is 2.06. The number of hydrogen-bond donors (Lipinski definition) is 1. The number of nitrogens with zero attached hydrogens (tertiary/aromatic N) is 1. The molecule has 0 radical (unpaired) electrons. The molecule has 19 heavy (non-hydrogen) atoms. The molecule has 0 bridgehead atoms. The van der Waals surface area contributed by atoms with Crippen LogP contribution in [0.5, 0.6) is 0 Å². The molecule has 0 atom stereocenters. The number of benzene rings is 1. The quantitative estimate of drug-likeness (QED) is 0.883. The van der Waals surface area contributed by atoms with Gasteiger partial charge in [0, 0.05) is 36.1 Å². The lowest BCUT2D eigenvalue weighted by molar-refractivity contribution is 0.303. The smallest absolute Gasteiger partial charge is 0.0664 e. The Morgan fingerprint density at radius 1 is 1.26 bits per heavy atom. The van der Waals surface area contributed by atoms with Gasteiger partial charge in [-0.25, -0.2) is 0 Å². The van der Waals surface area contributed by atoms with Gasteiger partial charge in [-0.15, -0.1) is 0 Å². The van der Waals surface area contributed by atoms with Gasteiger partial charge < -0.3 is 10.3 Å². The molecule has 0 aliphatic heterocycles.